The van der Waals surface area contributed by atoms with Crippen molar-refractivity contribution in [2.24, 2.45) is 0 Å². The average molecular weight is 227 g/mol. The molecule has 0 bridgehead atoms. The van der Waals surface area contributed by atoms with E-state index in [1.807, 2.05) is 0 Å². The zero-order chi connectivity index (χ0) is 11.6. The molecule has 0 aromatic rings. The normalized spacial score (nSPS) is 41.3. The molecule has 0 spiro atoms. The summed E-state index contributed by atoms with van der Waals surface area (Å²) in [5, 5.41) is 39.4. The minimum absolute atomic E-state index is 0.462. The summed E-state index contributed by atoms with van der Waals surface area (Å²) < 4.78 is 4.81. The molecule has 7 nitrogen and oxygen atoms in total. The number of aliphatic hydroxyl groups excluding tert-OH is 4. The van der Waals surface area contributed by atoms with E-state index in [1.165, 1.54) is 6.92 Å². The lowest BCUT2D eigenvalue weighted by Crippen LogP contribution is -2.63. The van der Waals surface area contributed by atoms with Crippen LogP contribution in [0.2, 0.25) is 0 Å². The first-order valence-electron chi connectivity index (χ1n) is 4.55. The molecule has 1 aliphatic heterocycles. The molecule has 1 saturated heterocycles. The molecule has 1 aliphatic rings. The molecule has 0 aromatic carbocycles. The van der Waals surface area contributed by atoms with Crippen molar-refractivity contribution in [2.45, 2.75) is 37.6 Å². The number of aliphatic hydroxyl groups is 4. The Morgan fingerprint density at radius 1 is 1.33 bits per heavy atom. The third-order valence-corrected chi connectivity index (χ3v) is 2.27. The summed E-state index contributed by atoms with van der Waals surface area (Å²) >= 11 is 0. The maximum Gasteiger partial charge on any atom is 0.217 e. The standard InChI is InChI=1S/C8H15NO6/c1-3(11)9-5-7(13)6(12)4(2-10)15-8(5)14/h4-8,10,12-14H,2H2,1H3,(H,9,11)/i2+1,4+1,5+1,6+1,7+1,8+1. The van der Waals surface area contributed by atoms with Crippen LogP contribution in [0.5, 0.6) is 0 Å². The maximum atomic E-state index is 10.7. The molecule has 1 heterocycles. The molecule has 0 radical (unpaired) electrons. The van der Waals surface area contributed by atoms with E-state index < -0.39 is 43.2 Å². The molecule has 5 unspecified atom stereocenters. The zero-order valence-electron chi connectivity index (χ0n) is 8.20. The Labute approximate surface area is 86.3 Å². The number of hydrogen-bond acceptors (Lipinski definition) is 6. The van der Waals surface area contributed by atoms with Crippen LogP contribution in [0, 0.1) is 0 Å². The lowest BCUT2D eigenvalue weighted by molar-refractivity contribution is -0.253. The average Bonchev–Trinajstić information content (AvgIpc) is 2.18. The van der Waals surface area contributed by atoms with E-state index in [9.17, 15) is 20.1 Å². The molecule has 0 saturated carbocycles. The second-order valence-corrected chi connectivity index (χ2v) is 3.46. The lowest BCUT2D eigenvalue weighted by Gasteiger charge is -2.40. The highest BCUT2D eigenvalue weighted by Gasteiger charge is 2.43. The summed E-state index contributed by atoms with van der Waals surface area (Å²) in [7, 11) is 0. The van der Waals surface area contributed by atoms with Crippen molar-refractivity contribution in [3.63, 3.8) is 0 Å². The van der Waals surface area contributed by atoms with E-state index >= 15 is 0 Å². The number of carbonyl (C=O) groups excluding carboxylic acids is 1. The largest absolute Gasteiger partial charge is 0.394 e. The smallest absolute Gasteiger partial charge is 0.217 e. The quantitative estimate of drug-likeness (QED) is 0.319. The summed E-state index contributed by atoms with van der Waals surface area (Å²) in [5.41, 5.74) is 0. The van der Waals surface area contributed by atoms with Gasteiger partial charge in [0.2, 0.25) is 5.91 Å². The molecule has 1 rings (SSSR count). The first-order valence-corrected chi connectivity index (χ1v) is 4.55. The van der Waals surface area contributed by atoms with Gasteiger partial charge in [0.05, 0.1) is 6.61 Å². The van der Waals surface area contributed by atoms with E-state index in [4.69, 9.17) is 9.84 Å². The minimum Gasteiger partial charge on any atom is -0.394 e. The highest BCUT2D eigenvalue weighted by Crippen LogP contribution is 2.19. The topological polar surface area (TPSA) is 119 Å². The molecule has 5 atom stereocenters. The van der Waals surface area contributed by atoms with Gasteiger partial charge in [-0.1, -0.05) is 0 Å². The lowest BCUT2D eigenvalue weighted by atomic mass is 10.7. The molecule has 7 heteroatoms. The summed E-state index contributed by atoms with van der Waals surface area (Å²) in [4.78, 5) is 10.7. The van der Waals surface area contributed by atoms with Crippen LogP contribution in [0.1, 0.15) is 6.92 Å². The Morgan fingerprint density at radius 2 is 1.93 bits per heavy atom. The van der Waals surface area contributed by atoms with Gasteiger partial charge < -0.3 is 30.5 Å². The summed E-state index contributed by atoms with van der Waals surface area (Å²) in [6.45, 7) is 0.687. The van der Waals surface area contributed by atoms with Crippen LogP contribution in [0.15, 0.2) is 0 Å². The first-order chi connectivity index (χ1) is 6.97. The van der Waals surface area contributed by atoms with E-state index in [0.717, 1.165) is 0 Å². The van der Waals surface area contributed by atoms with Gasteiger partial charge in [-0.2, -0.15) is 0 Å². The minimum atomic E-state index is -1.45. The molecule has 1 amide bonds. The number of ether oxygens (including phenoxy) is 1. The second kappa shape index (κ2) is 4.86. The summed E-state index contributed by atoms with van der Waals surface area (Å²) in [6, 6.07) is -1.10. The molecule has 88 valence electrons. The second-order valence-electron chi connectivity index (χ2n) is 3.46. The fourth-order valence-corrected chi connectivity index (χ4v) is 1.49. The predicted octanol–water partition coefficient (Wildman–Crippen LogP) is -3.08. The van der Waals surface area contributed by atoms with Crippen LogP contribution >= 0.6 is 0 Å². The number of hydrogen-bond donors (Lipinski definition) is 5. The first kappa shape index (κ1) is 12.3. The SMILES string of the molecule is CC(=O)N[13CH]1[13CH](O)O[13CH]([13CH2]O)[13CH](O)[13CH]1O. The Bertz CT molecular complexity index is 235. The molecular formula is C8H15NO6. The van der Waals surface area contributed by atoms with Gasteiger partial charge in [-0.25, -0.2) is 0 Å². The summed E-state index contributed by atoms with van der Waals surface area (Å²) in [5.74, 6) is -0.462. The predicted molar refractivity (Wildman–Crippen MR) is 47.6 cm³/mol. The van der Waals surface area contributed by atoms with Crippen molar-refractivity contribution in [1.82, 2.24) is 5.32 Å². The Hall–Kier alpha value is -0.730. The molecule has 5 N–H and O–H groups in total. The van der Waals surface area contributed by atoms with Crippen LogP contribution in [-0.2, 0) is 9.53 Å². The van der Waals surface area contributed by atoms with Gasteiger partial charge in [0.25, 0.3) is 0 Å². The van der Waals surface area contributed by atoms with Crippen molar-refractivity contribution >= 4 is 5.91 Å². The van der Waals surface area contributed by atoms with Crippen molar-refractivity contribution in [1.29, 1.82) is 0 Å². The zero-order valence-corrected chi connectivity index (χ0v) is 8.20. The molecule has 15 heavy (non-hydrogen) atoms. The van der Waals surface area contributed by atoms with E-state index in [0.29, 0.717) is 0 Å². The molecule has 0 aromatic heterocycles. The molecule has 1 fully saturated rings. The van der Waals surface area contributed by atoms with Crippen molar-refractivity contribution in [3.8, 4) is 0 Å². The van der Waals surface area contributed by atoms with Crippen LogP contribution in [0.3, 0.4) is 0 Å². The van der Waals surface area contributed by atoms with Gasteiger partial charge in [-0.05, 0) is 0 Å². The van der Waals surface area contributed by atoms with E-state index in [-0.39, 0.29) is 0 Å². The van der Waals surface area contributed by atoms with Crippen LogP contribution < -0.4 is 5.32 Å². The van der Waals surface area contributed by atoms with Crippen LogP contribution in [0.4, 0.5) is 0 Å². The fourth-order valence-electron chi connectivity index (χ4n) is 1.49. The highest BCUT2D eigenvalue weighted by molar-refractivity contribution is 5.73. The van der Waals surface area contributed by atoms with Crippen molar-refractivity contribution < 1.29 is 30.0 Å². The van der Waals surface area contributed by atoms with E-state index in [2.05, 4.69) is 5.32 Å². The highest BCUT2D eigenvalue weighted by atomic mass is 16.8. The monoisotopic (exact) mass is 227 g/mol. The van der Waals surface area contributed by atoms with Gasteiger partial charge in [0, 0.05) is 6.92 Å². The summed E-state index contributed by atoms with van der Waals surface area (Å²) in [6.07, 6.45) is -5.24. The molecular weight excluding hydrogens is 212 g/mol. The van der Waals surface area contributed by atoms with Crippen LogP contribution in [-0.4, -0.2) is 63.6 Å². The van der Waals surface area contributed by atoms with Gasteiger partial charge in [0.15, 0.2) is 6.29 Å². The maximum absolute atomic E-state index is 10.7. The van der Waals surface area contributed by atoms with Crippen molar-refractivity contribution in [3.05, 3.63) is 0 Å². The number of rotatable bonds is 2. The third kappa shape index (κ3) is 2.64. The van der Waals surface area contributed by atoms with Crippen LogP contribution in [0.25, 0.3) is 0 Å². The number of amides is 1. The van der Waals surface area contributed by atoms with Gasteiger partial charge in [-0.3, -0.25) is 4.79 Å². The van der Waals surface area contributed by atoms with Gasteiger partial charge in [0.1, 0.15) is 24.4 Å². The number of nitrogens with one attached hydrogen (secondary N) is 1. The Morgan fingerprint density at radius 3 is 2.40 bits per heavy atom. The Balaban J connectivity index is 2.70. The van der Waals surface area contributed by atoms with Gasteiger partial charge in [-0.15, -0.1) is 0 Å². The Kier molecular flexibility index (Phi) is 4.00. The third-order valence-electron chi connectivity index (χ3n) is 2.27. The van der Waals surface area contributed by atoms with Crippen molar-refractivity contribution in [2.75, 3.05) is 6.61 Å². The van der Waals surface area contributed by atoms with Gasteiger partial charge >= 0.3 is 0 Å². The fraction of sp³-hybridized carbons (Fsp3) is 0.875. The molecule has 0 aliphatic carbocycles. The number of carbonyl (C=O) groups is 1. The van der Waals surface area contributed by atoms with E-state index in [1.54, 1.807) is 0 Å².